The number of methoxy groups -OCH3 is 1. The minimum absolute atomic E-state index is 0.123. The van der Waals surface area contributed by atoms with Crippen molar-refractivity contribution < 1.29 is 9.66 Å². The smallest absolute Gasteiger partial charge is 0.235 e. The number of ether oxygens (including phenoxy) is 1. The molecule has 0 aromatic rings. The van der Waals surface area contributed by atoms with Crippen LogP contribution in [-0.4, -0.2) is 31.2 Å². The first-order chi connectivity index (χ1) is 8.65. The molecule has 1 fully saturated rings. The average Bonchev–Trinajstić information content (AvgIpc) is 3.19. The molecule has 1 saturated carbocycles. The number of nitrogens with one attached hydrogen (secondary N) is 1. The van der Waals surface area contributed by atoms with Crippen LogP contribution in [-0.2, 0) is 4.74 Å². The molecule has 0 aliphatic heterocycles. The third-order valence-corrected chi connectivity index (χ3v) is 3.68. The summed E-state index contributed by atoms with van der Waals surface area (Å²) in [5, 5.41) is 14.1. The predicted octanol–water partition coefficient (Wildman–Crippen LogP) is 1.88. The van der Waals surface area contributed by atoms with E-state index in [0.29, 0.717) is 6.42 Å². The fourth-order valence-corrected chi connectivity index (χ4v) is 2.42. The SMILES string of the molecule is CN/C(CC1CC1)=C1/CC([N+](=O)[O-])C=CC1OC. The van der Waals surface area contributed by atoms with Gasteiger partial charge in [-0.1, -0.05) is 0 Å². The largest absolute Gasteiger partial charge is 0.391 e. The Labute approximate surface area is 107 Å². The normalized spacial score (nSPS) is 30.1. The monoisotopic (exact) mass is 252 g/mol. The third kappa shape index (κ3) is 2.90. The van der Waals surface area contributed by atoms with Crippen molar-refractivity contribution in [3.8, 4) is 0 Å². The van der Waals surface area contributed by atoms with Crippen molar-refractivity contribution in [2.75, 3.05) is 14.2 Å². The van der Waals surface area contributed by atoms with Gasteiger partial charge in [-0.2, -0.15) is 0 Å². The number of hydrogen-bond donors (Lipinski definition) is 1. The molecule has 0 heterocycles. The van der Waals surface area contributed by atoms with Crippen molar-refractivity contribution in [2.24, 2.45) is 5.92 Å². The lowest BCUT2D eigenvalue weighted by atomic mass is 9.91. The molecule has 2 aliphatic rings. The van der Waals surface area contributed by atoms with Gasteiger partial charge in [0.25, 0.3) is 0 Å². The van der Waals surface area contributed by atoms with Crippen molar-refractivity contribution in [1.29, 1.82) is 0 Å². The van der Waals surface area contributed by atoms with Gasteiger partial charge in [-0.15, -0.1) is 0 Å². The fraction of sp³-hybridized carbons (Fsp3) is 0.692. The molecule has 18 heavy (non-hydrogen) atoms. The highest BCUT2D eigenvalue weighted by Gasteiger charge is 2.31. The van der Waals surface area contributed by atoms with Crippen LogP contribution in [0.1, 0.15) is 25.7 Å². The van der Waals surface area contributed by atoms with Gasteiger partial charge in [-0.25, -0.2) is 0 Å². The van der Waals surface area contributed by atoms with E-state index in [2.05, 4.69) is 5.32 Å². The maximum absolute atomic E-state index is 10.9. The second kappa shape index (κ2) is 5.52. The van der Waals surface area contributed by atoms with Crippen molar-refractivity contribution >= 4 is 0 Å². The molecule has 1 N–H and O–H groups in total. The van der Waals surface area contributed by atoms with Crippen molar-refractivity contribution in [3.05, 3.63) is 33.5 Å². The quantitative estimate of drug-likeness (QED) is 0.461. The van der Waals surface area contributed by atoms with E-state index in [-0.39, 0.29) is 11.0 Å². The number of allylic oxidation sites excluding steroid dienone is 1. The van der Waals surface area contributed by atoms with Gasteiger partial charge in [0.15, 0.2) is 0 Å². The zero-order valence-corrected chi connectivity index (χ0v) is 10.9. The van der Waals surface area contributed by atoms with E-state index in [1.807, 2.05) is 7.05 Å². The minimum atomic E-state index is -0.617. The molecular formula is C13H20N2O3. The molecule has 2 rings (SSSR count). The summed E-state index contributed by atoms with van der Waals surface area (Å²) >= 11 is 0. The van der Waals surface area contributed by atoms with Gasteiger partial charge < -0.3 is 10.1 Å². The standard InChI is InChI=1S/C13H20N2O3/c1-14-12(7-9-3-4-9)11-8-10(15(16)17)5-6-13(11)18-2/h5-6,9-10,13-14H,3-4,7-8H2,1-2H3/b12-11-. The highest BCUT2D eigenvalue weighted by atomic mass is 16.6. The Kier molecular flexibility index (Phi) is 4.01. The van der Waals surface area contributed by atoms with Crippen LogP contribution in [0.3, 0.4) is 0 Å². The Morgan fingerprint density at radius 2 is 2.28 bits per heavy atom. The Bertz CT molecular complexity index is 386. The molecule has 2 unspecified atom stereocenters. The van der Waals surface area contributed by atoms with E-state index in [1.165, 1.54) is 12.8 Å². The van der Waals surface area contributed by atoms with Gasteiger partial charge in [0, 0.05) is 31.2 Å². The lowest BCUT2D eigenvalue weighted by Crippen LogP contribution is -2.29. The zero-order chi connectivity index (χ0) is 13.1. The van der Waals surface area contributed by atoms with E-state index in [1.54, 1.807) is 19.3 Å². The molecule has 5 nitrogen and oxygen atoms in total. The molecule has 0 amide bonds. The van der Waals surface area contributed by atoms with Crippen LogP contribution in [0.25, 0.3) is 0 Å². The topological polar surface area (TPSA) is 64.4 Å². The van der Waals surface area contributed by atoms with Crippen LogP contribution >= 0.6 is 0 Å². The molecule has 2 atom stereocenters. The lowest BCUT2D eigenvalue weighted by Gasteiger charge is -2.25. The maximum Gasteiger partial charge on any atom is 0.235 e. The second-order valence-corrected chi connectivity index (χ2v) is 5.00. The minimum Gasteiger partial charge on any atom is -0.391 e. The van der Waals surface area contributed by atoms with Crippen molar-refractivity contribution in [3.63, 3.8) is 0 Å². The molecule has 5 heteroatoms. The molecule has 100 valence electrons. The second-order valence-electron chi connectivity index (χ2n) is 5.00. The molecular weight excluding hydrogens is 232 g/mol. The van der Waals surface area contributed by atoms with Gasteiger partial charge in [0.05, 0.1) is 6.10 Å². The number of nitrogens with zero attached hydrogens (tertiary/aromatic N) is 1. The molecule has 0 aromatic heterocycles. The maximum atomic E-state index is 10.9. The Balaban J connectivity index is 2.22. The van der Waals surface area contributed by atoms with Crippen molar-refractivity contribution in [2.45, 2.75) is 37.8 Å². The van der Waals surface area contributed by atoms with Crippen LogP contribution in [0.4, 0.5) is 0 Å². The van der Waals surface area contributed by atoms with E-state index in [9.17, 15) is 10.1 Å². The first-order valence-electron chi connectivity index (χ1n) is 6.40. The van der Waals surface area contributed by atoms with E-state index in [4.69, 9.17) is 4.74 Å². The first-order valence-corrected chi connectivity index (χ1v) is 6.40. The summed E-state index contributed by atoms with van der Waals surface area (Å²) in [7, 11) is 3.53. The van der Waals surface area contributed by atoms with E-state index in [0.717, 1.165) is 23.6 Å². The Morgan fingerprint density at radius 3 is 2.78 bits per heavy atom. The molecule has 0 radical (unpaired) electrons. The predicted molar refractivity (Wildman–Crippen MR) is 68.8 cm³/mol. The van der Waals surface area contributed by atoms with E-state index >= 15 is 0 Å². The number of nitro groups is 1. The summed E-state index contributed by atoms with van der Waals surface area (Å²) in [6.45, 7) is 0. The molecule has 2 aliphatic carbocycles. The Hall–Kier alpha value is -1.36. The van der Waals surface area contributed by atoms with Crippen LogP contribution < -0.4 is 5.32 Å². The highest BCUT2D eigenvalue weighted by molar-refractivity contribution is 5.28. The lowest BCUT2D eigenvalue weighted by molar-refractivity contribution is -0.509. The van der Waals surface area contributed by atoms with Crippen LogP contribution in [0, 0.1) is 16.0 Å². The third-order valence-electron chi connectivity index (χ3n) is 3.68. The summed E-state index contributed by atoms with van der Waals surface area (Å²) in [5.41, 5.74) is 2.16. The van der Waals surface area contributed by atoms with Crippen molar-refractivity contribution in [1.82, 2.24) is 5.32 Å². The molecule has 0 aromatic carbocycles. The van der Waals surface area contributed by atoms with Crippen LogP contribution in [0.15, 0.2) is 23.4 Å². The van der Waals surface area contributed by atoms with Crippen LogP contribution in [0.5, 0.6) is 0 Å². The van der Waals surface area contributed by atoms with Crippen LogP contribution in [0.2, 0.25) is 0 Å². The molecule has 0 spiro atoms. The summed E-state index contributed by atoms with van der Waals surface area (Å²) in [6, 6.07) is -0.617. The highest BCUT2D eigenvalue weighted by Crippen LogP contribution is 2.37. The van der Waals surface area contributed by atoms with Gasteiger partial charge in [0.2, 0.25) is 6.04 Å². The summed E-state index contributed by atoms with van der Waals surface area (Å²) in [4.78, 5) is 10.7. The summed E-state index contributed by atoms with van der Waals surface area (Å²) in [6.07, 6.45) is 7.30. The zero-order valence-electron chi connectivity index (χ0n) is 10.9. The van der Waals surface area contributed by atoms with Gasteiger partial charge >= 0.3 is 0 Å². The first kappa shape index (κ1) is 13.1. The fourth-order valence-electron chi connectivity index (χ4n) is 2.42. The number of rotatable bonds is 5. The van der Waals surface area contributed by atoms with E-state index < -0.39 is 6.04 Å². The van der Waals surface area contributed by atoms with Gasteiger partial charge in [-0.3, -0.25) is 10.1 Å². The summed E-state index contributed by atoms with van der Waals surface area (Å²) < 4.78 is 5.41. The summed E-state index contributed by atoms with van der Waals surface area (Å²) in [5.74, 6) is 0.748. The van der Waals surface area contributed by atoms with Gasteiger partial charge in [0.1, 0.15) is 0 Å². The molecule has 0 bridgehead atoms. The van der Waals surface area contributed by atoms with Gasteiger partial charge in [-0.05, 0) is 42.9 Å². The Morgan fingerprint density at radius 1 is 1.56 bits per heavy atom. The average molecular weight is 252 g/mol. The molecule has 0 saturated heterocycles. The number of hydrogen-bond acceptors (Lipinski definition) is 4.